The van der Waals surface area contributed by atoms with E-state index in [1.165, 1.54) is 25.8 Å². The second-order valence-corrected chi connectivity index (χ2v) is 5.90. The highest BCUT2D eigenvalue weighted by atomic mass is 16.2. The fourth-order valence-electron chi connectivity index (χ4n) is 2.47. The average Bonchev–Trinajstić information content (AvgIpc) is 3.05. The molecule has 1 heterocycles. The quantitative estimate of drug-likeness (QED) is 0.737. The first-order valence-corrected chi connectivity index (χ1v) is 6.85. The van der Waals surface area contributed by atoms with E-state index in [1.807, 2.05) is 13.8 Å². The predicted octanol–water partition coefficient (Wildman–Crippen LogP) is 0.570. The average molecular weight is 239 g/mol. The Balaban J connectivity index is 1.66. The second kappa shape index (κ2) is 5.36. The number of nitrogens with two attached hydrogens (primary N) is 1. The van der Waals surface area contributed by atoms with Gasteiger partial charge >= 0.3 is 0 Å². The first-order valence-electron chi connectivity index (χ1n) is 6.85. The third kappa shape index (κ3) is 3.42. The monoisotopic (exact) mass is 239 g/mol. The zero-order valence-electron chi connectivity index (χ0n) is 11.0. The van der Waals surface area contributed by atoms with Gasteiger partial charge in [-0.05, 0) is 37.6 Å². The minimum atomic E-state index is -0.365. The Morgan fingerprint density at radius 1 is 1.41 bits per heavy atom. The zero-order valence-corrected chi connectivity index (χ0v) is 11.0. The number of rotatable bonds is 5. The smallest absolute Gasteiger partial charge is 0.237 e. The Bertz CT molecular complexity index is 276. The molecule has 0 aromatic carbocycles. The van der Waals surface area contributed by atoms with Gasteiger partial charge in [0.15, 0.2) is 0 Å². The minimum absolute atomic E-state index is 0.00451. The van der Waals surface area contributed by atoms with Crippen LogP contribution in [0.5, 0.6) is 0 Å². The van der Waals surface area contributed by atoms with Crippen LogP contribution in [0.15, 0.2) is 0 Å². The molecule has 1 unspecified atom stereocenters. The topological polar surface area (TPSA) is 58.4 Å². The lowest BCUT2D eigenvalue weighted by Gasteiger charge is -2.18. The molecule has 0 bridgehead atoms. The van der Waals surface area contributed by atoms with E-state index >= 15 is 0 Å². The molecular formula is C13H25N3O. The Kier molecular flexibility index (Phi) is 4.05. The van der Waals surface area contributed by atoms with Crippen molar-refractivity contribution in [2.45, 2.75) is 45.2 Å². The van der Waals surface area contributed by atoms with Crippen LogP contribution in [0.3, 0.4) is 0 Å². The van der Waals surface area contributed by atoms with Gasteiger partial charge in [0.2, 0.25) is 5.91 Å². The van der Waals surface area contributed by atoms with Crippen LogP contribution in [-0.4, -0.2) is 42.5 Å². The molecule has 0 spiro atoms. The summed E-state index contributed by atoms with van der Waals surface area (Å²) in [5, 5.41) is 2.99. The van der Waals surface area contributed by atoms with E-state index in [0.717, 1.165) is 19.1 Å². The summed E-state index contributed by atoms with van der Waals surface area (Å²) in [6, 6.07) is 0.490. The normalized spacial score (nSPS) is 27.4. The molecule has 0 aromatic heterocycles. The molecule has 2 rings (SSSR count). The fraction of sp³-hybridized carbons (Fsp3) is 0.923. The fourth-order valence-corrected chi connectivity index (χ4v) is 2.47. The molecule has 1 saturated carbocycles. The molecule has 0 aromatic rings. The molecule has 1 aliphatic carbocycles. The minimum Gasteiger partial charge on any atom is -0.354 e. The van der Waals surface area contributed by atoms with Gasteiger partial charge in [-0.3, -0.25) is 4.79 Å². The highest BCUT2D eigenvalue weighted by Crippen LogP contribution is 2.31. The highest BCUT2D eigenvalue weighted by molar-refractivity contribution is 5.81. The molecule has 4 heteroatoms. The number of amides is 1. The van der Waals surface area contributed by atoms with Gasteiger partial charge in [-0.2, -0.15) is 0 Å². The van der Waals surface area contributed by atoms with Crippen molar-refractivity contribution in [1.82, 2.24) is 10.2 Å². The van der Waals surface area contributed by atoms with Crippen LogP contribution < -0.4 is 11.1 Å². The van der Waals surface area contributed by atoms with Crippen molar-refractivity contribution in [2.24, 2.45) is 17.6 Å². The molecule has 98 valence electrons. The first kappa shape index (κ1) is 12.8. The summed E-state index contributed by atoms with van der Waals surface area (Å²) in [6.45, 7) is 7.12. The number of likely N-dealkylation sites (tertiary alicyclic amines) is 1. The Labute approximate surface area is 104 Å². The van der Waals surface area contributed by atoms with E-state index in [-0.39, 0.29) is 17.9 Å². The SMILES string of the molecule is CC(C)[C@@H](N)C(=O)NCC1CCN(C2CC2)C1. The molecule has 1 saturated heterocycles. The van der Waals surface area contributed by atoms with Crippen LogP contribution >= 0.6 is 0 Å². The van der Waals surface area contributed by atoms with E-state index in [0.29, 0.717) is 5.92 Å². The second-order valence-electron chi connectivity index (χ2n) is 5.90. The maximum absolute atomic E-state index is 11.7. The van der Waals surface area contributed by atoms with Crippen molar-refractivity contribution in [3.8, 4) is 0 Å². The lowest BCUT2D eigenvalue weighted by Crippen LogP contribution is -2.45. The van der Waals surface area contributed by atoms with Crippen molar-refractivity contribution in [3.05, 3.63) is 0 Å². The molecule has 4 nitrogen and oxygen atoms in total. The van der Waals surface area contributed by atoms with Crippen molar-refractivity contribution in [3.63, 3.8) is 0 Å². The highest BCUT2D eigenvalue weighted by Gasteiger charge is 2.34. The number of hydrogen-bond donors (Lipinski definition) is 2. The van der Waals surface area contributed by atoms with Gasteiger partial charge in [-0.1, -0.05) is 13.8 Å². The van der Waals surface area contributed by atoms with Crippen LogP contribution in [0.1, 0.15) is 33.1 Å². The van der Waals surface area contributed by atoms with Crippen molar-refractivity contribution >= 4 is 5.91 Å². The molecular weight excluding hydrogens is 214 g/mol. The third-order valence-electron chi connectivity index (χ3n) is 3.97. The Hall–Kier alpha value is -0.610. The van der Waals surface area contributed by atoms with Crippen LogP contribution in [0.25, 0.3) is 0 Å². The largest absolute Gasteiger partial charge is 0.354 e. The number of carbonyl (C=O) groups is 1. The van der Waals surface area contributed by atoms with Crippen LogP contribution in [-0.2, 0) is 4.79 Å². The number of nitrogens with zero attached hydrogens (tertiary/aromatic N) is 1. The molecule has 1 amide bonds. The molecule has 2 fully saturated rings. The van der Waals surface area contributed by atoms with E-state index in [4.69, 9.17) is 5.73 Å². The van der Waals surface area contributed by atoms with E-state index in [1.54, 1.807) is 0 Å². The molecule has 1 aliphatic heterocycles. The summed E-state index contributed by atoms with van der Waals surface area (Å²) in [5.74, 6) is 0.838. The summed E-state index contributed by atoms with van der Waals surface area (Å²) in [4.78, 5) is 14.3. The lowest BCUT2D eigenvalue weighted by atomic mass is 10.0. The number of hydrogen-bond acceptors (Lipinski definition) is 3. The molecule has 0 radical (unpaired) electrons. The number of carbonyl (C=O) groups excluding carboxylic acids is 1. The van der Waals surface area contributed by atoms with Gasteiger partial charge in [-0.15, -0.1) is 0 Å². The third-order valence-corrected chi connectivity index (χ3v) is 3.97. The predicted molar refractivity (Wildman–Crippen MR) is 68.5 cm³/mol. The molecule has 2 atom stereocenters. The summed E-state index contributed by atoms with van der Waals surface area (Å²) in [7, 11) is 0. The standard InChI is InChI=1S/C13H25N3O/c1-9(2)12(14)13(17)15-7-10-5-6-16(8-10)11-3-4-11/h9-12H,3-8,14H2,1-2H3,(H,15,17)/t10?,12-/m1/s1. The van der Waals surface area contributed by atoms with Crippen molar-refractivity contribution in [2.75, 3.05) is 19.6 Å². The summed E-state index contributed by atoms with van der Waals surface area (Å²) in [6.07, 6.45) is 3.96. The van der Waals surface area contributed by atoms with Gasteiger partial charge in [0.05, 0.1) is 6.04 Å². The van der Waals surface area contributed by atoms with Gasteiger partial charge in [-0.25, -0.2) is 0 Å². The van der Waals surface area contributed by atoms with E-state index in [9.17, 15) is 4.79 Å². The summed E-state index contributed by atoms with van der Waals surface area (Å²) < 4.78 is 0. The maximum atomic E-state index is 11.7. The molecule has 3 N–H and O–H groups in total. The summed E-state index contributed by atoms with van der Waals surface area (Å²) >= 11 is 0. The molecule has 2 aliphatic rings. The van der Waals surface area contributed by atoms with Crippen LogP contribution in [0.2, 0.25) is 0 Å². The zero-order chi connectivity index (χ0) is 12.4. The number of nitrogens with one attached hydrogen (secondary N) is 1. The molecule has 17 heavy (non-hydrogen) atoms. The Morgan fingerprint density at radius 2 is 2.12 bits per heavy atom. The van der Waals surface area contributed by atoms with Gasteiger partial charge in [0.25, 0.3) is 0 Å². The van der Waals surface area contributed by atoms with Crippen LogP contribution in [0, 0.1) is 11.8 Å². The van der Waals surface area contributed by atoms with E-state index < -0.39 is 0 Å². The van der Waals surface area contributed by atoms with Gasteiger partial charge < -0.3 is 16.0 Å². The van der Waals surface area contributed by atoms with Crippen molar-refractivity contribution < 1.29 is 4.79 Å². The van der Waals surface area contributed by atoms with Gasteiger partial charge in [0, 0.05) is 19.1 Å². The van der Waals surface area contributed by atoms with Crippen molar-refractivity contribution in [1.29, 1.82) is 0 Å². The van der Waals surface area contributed by atoms with E-state index in [2.05, 4.69) is 10.2 Å². The Morgan fingerprint density at radius 3 is 2.71 bits per heavy atom. The maximum Gasteiger partial charge on any atom is 0.237 e. The van der Waals surface area contributed by atoms with Gasteiger partial charge in [0.1, 0.15) is 0 Å². The first-order chi connectivity index (χ1) is 8.08. The van der Waals surface area contributed by atoms with Crippen LogP contribution in [0.4, 0.5) is 0 Å². The summed E-state index contributed by atoms with van der Waals surface area (Å²) in [5.41, 5.74) is 5.81. The lowest BCUT2D eigenvalue weighted by molar-refractivity contribution is -0.123.